The van der Waals surface area contributed by atoms with Crippen molar-refractivity contribution < 1.29 is 19.0 Å². The molecule has 2 aliphatic carbocycles. The molecule has 1 saturated heterocycles. The zero-order valence-electron chi connectivity index (χ0n) is 12.7. The van der Waals surface area contributed by atoms with Crippen LogP contribution >= 0.6 is 0 Å². The summed E-state index contributed by atoms with van der Waals surface area (Å²) >= 11 is 0. The van der Waals surface area contributed by atoms with Gasteiger partial charge in [0, 0.05) is 7.11 Å². The monoisotopic (exact) mass is 282 g/mol. The average molecular weight is 282 g/mol. The van der Waals surface area contributed by atoms with Crippen molar-refractivity contribution in [2.24, 2.45) is 29.6 Å². The lowest BCUT2D eigenvalue weighted by Gasteiger charge is -2.32. The second kappa shape index (κ2) is 5.64. The summed E-state index contributed by atoms with van der Waals surface area (Å²) in [5.74, 6) is 2.39. The van der Waals surface area contributed by atoms with Crippen LogP contribution in [0.25, 0.3) is 0 Å². The van der Waals surface area contributed by atoms with Gasteiger partial charge in [-0.25, -0.2) is 0 Å². The quantitative estimate of drug-likeness (QED) is 0.574. The molecule has 3 fully saturated rings. The molecule has 3 rings (SSSR count). The summed E-state index contributed by atoms with van der Waals surface area (Å²) in [5, 5.41) is 0. The molecule has 7 unspecified atom stereocenters. The van der Waals surface area contributed by atoms with Crippen LogP contribution in [0.15, 0.2) is 0 Å². The lowest BCUT2D eigenvalue weighted by Crippen LogP contribution is -2.36. The van der Waals surface area contributed by atoms with E-state index in [1.54, 1.807) is 7.11 Å². The molecular formula is C16H26O4. The number of fused-ring (bicyclic) bond motifs is 5. The van der Waals surface area contributed by atoms with E-state index in [1.165, 1.54) is 6.42 Å². The van der Waals surface area contributed by atoms with Gasteiger partial charge in [-0.1, -0.05) is 13.8 Å². The second-order valence-corrected chi connectivity index (χ2v) is 6.56. The van der Waals surface area contributed by atoms with Gasteiger partial charge >= 0.3 is 5.97 Å². The maximum absolute atomic E-state index is 12.2. The van der Waals surface area contributed by atoms with E-state index in [-0.39, 0.29) is 18.7 Å². The van der Waals surface area contributed by atoms with E-state index in [2.05, 4.69) is 13.8 Å². The van der Waals surface area contributed by atoms with Crippen molar-refractivity contribution in [1.82, 2.24) is 0 Å². The van der Waals surface area contributed by atoms with Crippen LogP contribution < -0.4 is 0 Å². The molecule has 0 aromatic heterocycles. The van der Waals surface area contributed by atoms with E-state index in [9.17, 15) is 4.79 Å². The van der Waals surface area contributed by atoms with Gasteiger partial charge in [0.2, 0.25) is 0 Å². The number of ether oxygens (including phenoxy) is 3. The van der Waals surface area contributed by atoms with Crippen LogP contribution in [0.2, 0.25) is 0 Å². The highest BCUT2D eigenvalue weighted by Crippen LogP contribution is 2.62. The molecule has 0 aromatic rings. The van der Waals surface area contributed by atoms with Gasteiger partial charge in [0.1, 0.15) is 0 Å². The molecule has 0 radical (unpaired) electrons. The predicted octanol–water partition coefficient (Wildman–Crippen LogP) is 2.61. The first-order valence-corrected chi connectivity index (χ1v) is 8.02. The Morgan fingerprint density at radius 3 is 2.50 bits per heavy atom. The Hall–Kier alpha value is -0.610. The van der Waals surface area contributed by atoms with Crippen LogP contribution in [0.1, 0.15) is 39.5 Å². The Balaban J connectivity index is 1.73. The van der Waals surface area contributed by atoms with Crippen molar-refractivity contribution in [3.8, 4) is 0 Å². The van der Waals surface area contributed by atoms with Crippen LogP contribution in [0, 0.1) is 29.6 Å². The smallest absolute Gasteiger partial charge is 0.311 e. The molecule has 2 bridgehead atoms. The van der Waals surface area contributed by atoms with Gasteiger partial charge in [-0.15, -0.1) is 0 Å². The Morgan fingerprint density at radius 2 is 1.85 bits per heavy atom. The molecule has 1 aliphatic heterocycles. The van der Waals surface area contributed by atoms with Crippen molar-refractivity contribution >= 4 is 5.97 Å². The summed E-state index contributed by atoms with van der Waals surface area (Å²) in [4.78, 5) is 12.2. The van der Waals surface area contributed by atoms with Crippen molar-refractivity contribution in [2.45, 2.75) is 51.7 Å². The summed E-state index contributed by atoms with van der Waals surface area (Å²) < 4.78 is 16.3. The molecule has 0 aromatic carbocycles. The molecule has 7 atom stereocenters. The largest absolute Gasteiger partial charge is 0.438 e. The maximum Gasteiger partial charge on any atom is 0.311 e. The van der Waals surface area contributed by atoms with Crippen LogP contribution in [0.3, 0.4) is 0 Å². The SMILES string of the molecule is CCC1OC(CC)C2C3CC(CC3C(=O)OCOC)C12. The van der Waals surface area contributed by atoms with E-state index in [1.807, 2.05) is 0 Å². The standard InChI is InChI=1S/C16H26O4/c1-4-12-14-9-6-10(15(14)13(5-2)20-12)11(7-9)16(17)19-8-18-3/h9-15H,4-8H2,1-3H3. The van der Waals surface area contributed by atoms with Crippen LogP contribution in [-0.4, -0.2) is 32.1 Å². The van der Waals surface area contributed by atoms with Crippen LogP contribution in [0.5, 0.6) is 0 Å². The van der Waals surface area contributed by atoms with Gasteiger partial charge in [-0.3, -0.25) is 4.79 Å². The predicted molar refractivity (Wildman–Crippen MR) is 73.9 cm³/mol. The molecule has 0 N–H and O–H groups in total. The highest BCUT2D eigenvalue weighted by atomic mass is 16.7. The molecule has 1 heterocycles. The molecule has 3 aliphatic rings. The second-order valence-electron chi connectivity index (χ2n) is 6.56. The number of rotatable bonds is 5. The summed E-state index contributed by atoms with van der Waals surface area (Å²) in [7, 11) is 1.55. The number of carbonyl (C=O) groups is 1. The molecule has 0 amide bonds. The number of carbonyl (C=O) groups excluding carboxylic acids is 1. The first-order valence-electron chi connectivity index (χ1n) is 8.02. The molecule has 2 saturated carbocycles. The molecule has 0 spiro atoms. The third-order valence-corrected chi connectivity index (χ3v) is 5.77. The van der Waals surface area contributed by atoms with Crippen molar-refractivity contribution in [3.05, 3.63) is 0 Å². The van der Waals surface area contributed by atoms with E-state index in [4.69, 9.17) is 14.2 Å². The first-order chi connectivity index (χ1) is 9.71. The van der Waals surface area contributed by atoms with Crippen molar-refractivity contribution in [3.63, 3.8) is 0 Å². The molecule has 114 valence electrons. The minimum atomic E-state index is -0.0624. The molecular weight excluding hydrogens is 256 g/mol. The van der Waals surface area contributed by atoms with Gasteiger partial charge in [0.25, 0.3) is 0 Å². The Labute approximate surface area is 121 Å². The molecule has 4 nitrogen and oxygen atoms in total. The maximum atomic E-state index is 12.2. The van der Waals surface area contributed by atoms with Gasteiger partial charge < -0.3 is 14.2 Å². The van der Waals surface area contributed by atoms with Crippen LogP contribution in [0.4, 0.5) is 0 Å². The Kier molecular flexibility index (Phi) is 4.04. The summed E-state index contributed by atoms with van der Waals surface area (Å²) in [6.07, 6.45) is 5.10. The normalized spacial score (nSPS) is 45.6. The third-order valence-electron chi connectivity index (χ3n) is 5.77. The first kappa shape index (κ1) is 14.3. The zero-order chi connectivity index (χ0) is 14.3. The number of methoxy groups -OCH3 is 1. The topological polar surface area (TPSA) is 44.8 Å². The van der Waals surface area contributed by atoms with Crippen LogP contribution in [-0.2, 0) is 19.0 Å². The van der Waals surface area contributed by atoms with Crippen molar-refractivity contribution in [2.75, 3.05) is 13.9 Å². The number of hydrogen-bond donors (Lipinski definition) is 0. The third kappa shape index (κ3) is 2.08. The zero-order valence-corrected chi connectivity index (χ0v) is 12.7. The highest BCUT2D eigenvalue weighted by Gasteiger charge is 2.62. The van der Waals surface area contributed by atoms with Crippen molar-refractivity contribution in [1.29, 1.82) is 0 Å². The van der Waals surface area contributed by atoms with Gasteiger partial charge in [0.15, 0.2) is 6.79 Å². The molecule has 20 heavy (non-hydrogen) atoms. The number of esters is 1. The number of hydrogen-bond acceptors (Lipinski definition) is 4. The van der Waals surface area contributed by atoms with E-state index in [0.29, 0.717) is 35.9 Å². The van der Waals surface area contributed by atoms with E-state index >= 15 is 0 Å². The Morgan fingerprint density at radius 1 is 1.15 bits per heavy atom. The molecule has 4 heteroatoms. The average Bonchev–Trinajstić information content (AvgIpc) is 3.13. The van der Waals surface area contributed by atoms with Gasteiger partial charge in [-0.05, 0) is 49.4 Å². The Bertz CT molecular complexity index is 369. The lowest BCUT2D eigenvalue weighted by molar-refractivity contribution is -0.162. The minimum absolute atomic E-state index is 0.0624. The summed E-state index contributed by atoms with van der Waals surface area (Å²) in [5.41, 5.74) is 0. The summed E-state index contributed by atoms with van der Waals surface area (Å²) in [6, 6.07) is 0. The fraction of sp³-hybridized carbons (Fsp3) is 0.938. The lowest BCUT2D eigenvalue weighted by atomic mass is 9.70. The van der Waals surface area contributed by atoms with E-state index < -0.39 is 0 Å². The fourth-order valence-electron chi connectivity index (χ4n) is 5.16. The highest BCUT2D eigenvalue weighted by molar-refractivity contribution is 5.73. The van der Waals surface area contributed by atoms with Gasteiger partial charge in [0.05, 0.1) is 18.1 Å². The fourth-order valence-corrected chi connectivity index (χ4v) is 5.16. The summed E-state index contributed by atoms with van der Waals surface area (Å²) in [6.45, 7) is 4.49. The van der Waals surface area contributed by atoms with Gasteiger partial charge in [-0.2, -0.15) is 0 Å². The van der Waals surface area contributed by atoms with E-state index in [0.717, 1.165) is 19.3 Å². The minimum Gasteiger partial charge on any atom is -0.438 e.